The molecule has 1 heterocycles. The van der Waals surface area contributed by atoms with E-state index in [1.807, 2.05) is 36.4 Å². The fourth-order valence-corrected chi connectivity index (χ4v) is 2.84. The maximum absolute atomic E-state index is 12.1. The number of hydrogen-bond acceptors (Lipinski definition) is 4. The second kappa shape index (κ2) is 9.07. The van der Waals surface area contributed by atoms with E-state index in [9.17, 15) is 9.59 Å². The fourth-order valence-electron chi connectivity index (χ4n) is 2.84. The normalized spacial score (nSPS) is 12.3. The predicted molar refractivity (Wildman–Crippen MR) is 102 cm³/mol. The van der Waals surface area contributed by atoms with Crippen LogP contribution in [0.2, 0.25) is 0 Å². The highest BCUT2D eigenvalue weighted by molar-refractivity contribution is 6.01. The minimum absolute atomic E-state index is 0.142. The molecule has 0 fully saturated rings. The quantitative estimate of drug-likeness (QED) is 0.668. The number of nitrogens with one attached hydrogen (secondary N) is 2. The Morgan fingerprint density at radius 2 is 2.04 bits per heavy atom. The Bertz CT molecular complexity index is 820. The molecule has 0 aromatic heterocycles. The molecule has 1 aliphatic heterocycles. The number of amides is 2. The summed E-state index contributed by atoms with van der Waals surface area (Å²) in [5, 5.41) is 5.57. The molecule has 2 amide bonds. The minimum Gasteiger partial charge on any atom is -0.494 e. The van der Waals surface area contributed by atoms with E-state index in [2.05, 4.69) is 17.6 Å². The summed E-state index contributed by atoms with van der Waals surface area (Å²) in [6, 6.07) is 13.1. The summed E-state index contributed by atoms with van der Waals surface area (Å²) in [6.45, 7) is 3.55. The third kappa shape index (κ3) is 5.00. The van der Waals surface area contributed by atoms with E-state index >= 15 is 0 Å². The van der Waals surface area contributed by atoms with Crippen molar-refractivity contribution in [2.75, 3.05) is 13.2 Å². The predicted octanol–water partition coefficient (Wildman–Crippen LogP) is 2.80. The Morgan fingerprint density at radius 1 is 1.19 bits per heavy atom. The second-order valence-electron chi connectivity index (χ2n) is 6.39. The van der Waals surface area contributed by atoms with E-state index in [0.29, 0.717) is 31.0 Å². The Morgan fingerprint density at radius 3 is 2.89 bits per heavy atom. The van der Waals surface area contributed by atoms with E-state index in [4.69, 9.17) is 9.47 Å². The monoisotopic (exact) mass is 368 g/mol. The van der Waals surface area contributed by atoms with Gasteiger partial charge in [0.1, 0.15) is 11.5 Å². The lowest BCUT2D eigenvalue weighted by Gasteiger charge is -2.11. The topological polar surface area (TPSA) is 76.7 Å². The van der Waals surface area contributed by atoms with Crippen LogP contribution in [-0.4, -0.2) is 25.0 Å². The van der Waals surface area contributed by atoms with Crippen LogP contribution < -0.4 is 20.1 Å². The maximum atomic E-state index is 12.1. The molecule has 0 aliphatic carbocycles. The standard InChI is InChI=1S/C21H24N2O4/c1-2-3-10-26-17-8-4-6-15(11-17)12-22-19(24)14-27-18-9-5-7-16-13-23-21(25)20(16)18/h4-9,11H,2-3,10,12-14H2,1H3,(H,22,24)(H,23,25). The Balaban J connectivity index is 1.49. The van der Waals surface area contributed by atoms with Gasteiger partial charge in [-0.3, -0.25) is 9.59 Å². The zero-order valence-electron chi connectivity index (χ0n) is 15.4. The molecule has 142 valence electrons. The van der Waals surface area contributed by atoms with Crippen molar-refractivity contribution < 1.29 is 19.1 Å². The van der Waals surface area contributed by atoms with Crippen molar-refractivity contribution in [3.8, 4) is 11.5 Å². The van der Waals surface area contributed by atoms with Gasteiger partial charge in [-0.25, -0.2) is 0 Å². The van der Waals surface area contributed by atoms with Crippen LogP contribution in [0.3, 0.4) is 0 Å². The van der Waals surface area contributed by atoms with E-state index in [1.165, 1.54) is 0 Å². The van der Waals surface area contributed by atoms with Gasteiger partial charge >= 0.3 is 0 Å². The zero-order valence-corrected chi connectivity index (χ0v) is 15.4. The number of carbonyl (C=O) groups is 2. The first-order valence-corrected chi connectivity index (χ1v) is 9.18. The molecule has 2 N–H and O–H groups in total. The van der Waals surface area contributed by atoms with Gasteiger partial charge in [0.05, 0.1) is 12.2 Å². The van der Waals surface area contributed by atoms with Crippen molar-refractivity contribution in [3.05, 3.63) is 59.2 Å². The maximum Gasteiger partial charge on any atom is 0.258 e. The first-order chi connectivity index (χ1) is 13.2. The SMILES string of the molecule is CCCCOc1cccc(CNC(=O)COc2cccc3c2C(=O)NC3)c1. The largest absolute Gasteiger partial charge is 0.494 e. The summed E-state index contributed by atoms with van der Waals surface area (Å²) >= 11 is 0. The summed E-state index contributed by atoms with van der Waals surface area (Å²) in [6.07, 6.45) is 2.10. The molecule has 0 atom stereocenters. The van der Waals surface area contributed by atoms with Gasteiger partial charge in [0.15, 0.2) is 6.61 Å². The van der Waals surface area contributed by atoms with Crippen molar-refractivity contribution >= 4 is 11.8 Å². The van der Waals surface area contributed by atoms with Gasteiger partial charge in [-0.2, -0.15) is 0 Å². The lowest BCUT2D eigenvalue weighted by Crippen LogP contribution is -2.28. The number of ether oxygens (including phenoxy) is 2. The van der Waals surface area contributed by atoms with Crippen molar-refractivity contribution in [2.24, 2.45) is 0 Å². The molecule has 2 aromatic rings. The highest BCUT2D eigenvalue weighted by Crippen LogP contribution is 2.26. The molecular weight excluding hydrogens is 344 g/mol. The highest BCUT2D eigenvalue weighted by atomic mass is 16.5. The number of carbonyl (C=O) groups excluding carboxylic acids is 2. The van der Waals surface area contributed by atoms with Gasteiger partial charge in [0, 0.05) is 13.1 Å². The van der Waals surface area contributed by atoms with Crippen LogP contribution in [0.15, 0.2) is 42.5 Å². The van der Waals surface area contributed by atoms with Crippen LogP contribution >= 0.6 is 0 Å². The third-order valence-corrected chi connectivity index (χ3v) is 4.29. The molecule has 6 nitrogen and oxygen atoms in total. The summed E-state index contributed by atoms with van der Waals surface area (Å²) in [4.78, 5) is 24.0. The van der Waals surface area contributed by atoms with Crippen LogP contribution in [0.1, 0.15) is 41.3 Å². The van der Waals surface area contributed by atoms with Crippen LogP contribution in [0.25, 0.3) is 0 Å². The highest BCUT2D eigenvalue weighted by Gasteiger charge is 2.23. The van der Waals surface area contributed by atoms with Crippen LogP contribution in [-0.2, 0) is 17.9 Å². The average Bonchev–Trinajstić information content (AvgIpc) is 3.07. The van der Waals surface area contributed by atoms with Crippen molar-refractivity contribution in [2.45, 2.75) is 32.9 Å². The van der Waals surface area contributed by atoms with E-state index in [1.54, 1.807) is 6.07 Å². The number of rotatable bonds is 9. The molecule has 0 unspecified atom stereocenters. The molecule has 1 aliphatic rings. The first-order valence-electron chi connectivity index (χ1n) is 9.18. The van der Waals surface area contributed by atoms with Crippen molar-refractivity contribution in [3.63, 3.8) is 0 Å². The molecule has 0 spiro atoms. The molecule has 6 heteroatoms. The molecule has 0 bridgehead atoms. The van der Waals surface area contributed by atoms with Gasteiger partial charge in [-0.1, -0.05) is 37.6 Å². The first kappa shape index (κ1) is 18.8. The number of fused-ring (bicyclic) bond motifs is 1. The van der Waals surface area contributed by atoms with Crippen molar-refractivity contribution in [1.82, 2.24) is 10.6 Å². The van der Waals surface area contributed by atoms with Crippen molar-refractivity contribution in [1.29, 1.82) is 0 Å². The molecular formula is C21H24N2O4. The Labute approximate surface area is 158 Å². The number of unbranched alkanes of at least 4 members (excludes halogenated alkanes) is 1. The smallest absolute Gasteiger partial charge is 0.258 e. The van der Waals surface area contributed by atoms with Crippen LogP contribution in [0.5, 0.6) is 11.5 Å². The summed E-state index contributed by atoms with van der Waals surface area (Å²) in [7, 11) is 0. The van der Waals surface area contributed by atoms with Crippen LogP contribution in [0.4, 0.5) is 0 Å². The fraction of sp³-hybridized carbons (Fsp3) is 0.333. The number of benzene rings is 2. The minimum atomic E-state index is -0.247. The van der Waals surface area contributed by atoms with E-state index in [0.717, 1.165) is 29.7 Å². The number of hydrogen-bond donors (Lipinski definition) is 2. The Hall–Kier alpha value is -3.02. The van der Waals surface area contributed by atoms with Gasteiger partial charge < -0.3 is 20.1 Å². The summed E-state index contributed by atoms with van der Waals surface area (Å²) in [5.41, 5.74) is 2.36. The molecule has 2 aromatic carbocycles. The van der Waals surface area contributed by atoms with Gasteiger partial charge in [0.25, 0.3) is 11.8 Å². The van der Waals surface area contributed by atoms with Crippen LogP contribution in [0, 0.1) is 0 Å². The zero-order chi connectivity index (χ0) is 19.1. The average molecular weight is 368 g/mol. The second-order valence-corrected chi connectivity index (χ2v) is 6.39. The molecule has 0 saturated carbocycles. The van der Waals surface area contributed by atoms with E-state index < -0.39 is 0 Å². The summed E-state index contributed by atoms with van der Waals surface area (Å²) in [5.74, 6) is 0.825. The molecule has 27 heavy (non-hydrogen) atoms. The lowest BCUT2D eigenvalue weighted by atomic mass is 10.1. The lowest BCUT2D eigenvalue weighted by molar-refractivity contribution is -0.123. The molecule has 0 radical (unpaired) electrons. The third-order valence-electron chi connectivity index (χ3n) is 4.29. The van der Waals surface area contributed by atoms with Gasteiger partial charge in [-0.15, -0.1) is 0 Å². The Kier molecular flexibility index (Phi) is 6.30. The molecule has 3 rings (SSSR count). The van der Waals surface area contributed by atoms with E-state index in [-0.39, 0.29) is 18.4 Å². The molecule has 0 saturated heterocycles. The summed E-state index contributed by atoms with van der Waals surface area (Å²) < 4.78 is 11.2. The van der Waals surface area contributed by atoms with Gasteiger partial charge in [-0.05, 0) is 35.7 Å². The van der Waals surface area contributed by atoms with Gasteiger partial charge in [0.2, 0.25) is 0 Å².